The summed E-state index contributed by atoms with van der Waals surface area (Å²) in [5.41, 5.74) is 2.49. The molecule has 0 bridgehead atoms. The van der Waals surface area contributed by atoms with E-state index in [0.717, 1.165) is 17.4 Å². The fourth-order valence-electron chi connectivity index (χ4n) is 1.68. The zero-order valence-corrected chi connectivity index (χ0v) is 9.81. The minimum absolute atomic E-state index is 0.365. The highest BCUT2D eigenvalue weighted by molar-refractivity contribution is 9.10. The number of fused-ring (bicyclic) bond motifs is 1. The third-order valence-electron chi connectivity index (χ3n) is 2.43. The van der Waals surface area contributed by atoms with E-state index >= 15 is 0 Å². The summed E-state index contributed by atoms with van der Waals surface area (Å²) in [6.07, 6.45) is 0.890. The second-order valence-electron chi connectivity index (χ2n) is 3.34. The fourth-order valence-corrected chi connectivity index (χ4v) is 2.23. The van der Waals surface area contributed by atoms with Gasteiger partial charge >= 0.3 is 5.37 Å². The maximum Gasteiger partial charge on any atom is 0.316 e. The van der Waals surface area contributed by atoms with Crippen LogP contribution in [0.15, 0.2) is 22.7 Å². The molecule has 0 saturated carbocycles. The van der Waals surface area contributed by atoms with Crippen molar-refractivity contribution in [2.75, 3.05) is 6.54 Å². The molecule has 0 radical (unpaired) electrons. The summed E-state index contributed by atoms with van der Waals surface area (Å²) < 4.78 is 1.04. The quantitative estimate of drug-likeness (QED) is 0.526. The number of benzene rings is 1. The van der Waals surface area contributed by atoms with Crippen LogP contribution in [-0.4, -0.2) is 16.8 Å². The lowest BCUT2D eigenvalue weighted by molar-refractivity contribution is 0.216. The Morgan fingerprint density at radius 1 is 1.43 bits per heavy atom. The molecular formula is C10H9BrClNO. The lowest BCUT2D eigenvalue weighted by Gasteiger charge is -2.26. The molecule has 1 amide bonds. The Morgan fingerprint density at radius 3 is 2.93 bits per heavy atom. The summed E-state index contributed by atoms with van der Waals surface area (Å²) in [6, 6.07) is 6.16. The number of nitrogens with zero attached hydrogens (tertiary/aromatic N) is 1. The molecular weight excluding hydrogens is 265 g/mol. The van der Waals surface area contributed by atoms with Gasteiger partial charge < -0.3 is 4.90 Å². The first-order valence-electron chi connectivity index (χ1n) is 4.38. The van der Waals surface area contributed by atoms with Crippen molar-refractivity contribution in [3.05, 3.63) is 33.8 Å². The van der Waals surface area contributed by atoms with Crippen LogP contribution in [0.1, 0.15) is 11.1 Å². The van der Waals surface area contributed by atoms with E-state index in [4.69, 9.17) is 11.6 Å². The molecule has 74 valence electrons. The van der Waals surface area contributed by atoms with Gasteiger partial charge in [0.15, 0.2) is 0 Å². The lowest BCUT2D eigenvalue weighted by Crippen LogP contribution is -2.32. The van der Waals surface area contributed by atoms with Gasteiger partial charge in [-0.3, -0.25) is 4.79 Å². The van der Waals surface area contributed by atoms with Gasteiger partial charge in [0.25, 0.3) is 0 Å². The first kappa shape index (κ1) is 9.99. The first-order valence-corrected chi connectivity index (χ1v) is 5.55. The average molecular weight is 275 g/mol. The molecule has 0 aromatic heterocycles. The smallest absolute Gasteiger partial charge is 0.316 e. The molecule has 2 rings (SSSR count). The number of carbonyl (C=O) groups excluding carboxylic acids is 1. The number of hydrogen-bond donors (Lipinski definition) is 0. The monoisotopic (exact) mass is 273 g/mol. The molecule has 1 aromatic rings. The van der Waals surface area contributed by atoms with Crippen molar-refractivity contribution >= 4 is 32.9 Å². The van der Waals surface area contributed by atoms with Crippen LogP contribution in [0.5, 0.6) is 0 Å². The molecule has 14 heavy (non-hydrogen) atoms. The van der Waals surface area contributed by atoms with Gasteiger partial charge in [-0.2, -0.15) is 0 Å². The molecule has 0 spiro atoms. The second kappa shape index (κ2) is 3.91. The molecule has 0 unspecified atom stereocenters. The number of amides is 1. The topological polar surface area (TPSA) is 20.3 Å². The van der Waals surface area contributed by atoms with Gasteiger partial charge in [-0.15, -0.1) is 0 Å². The number of rotatable bonds is 0. The molecule has 0 saturated heterocycles. The minimum Gasteiger partial charge on any atom is -0.325 e. The first-order chi connectivity index (χ1) is 6.66. The van der Waals surface area contributed by atoms with Crippen LogP contribution in [-0.2, 0) is 13.0 Å². The van der Waals surface area contributed by atoms with E-state index < -0.39 is 0 Å². The number of carbonyl (C=O) groups is 1. The molecule has 0 fully saturated rings. The van der Waals surface area contributed by atoms with Crippen molar-refractivity contribution < 1.29 is 4.79 Å². The van der Waals surface area contributed by atoms with Crippen molar-refractivity contribution in [1.29, 1.82) is 0 Å². The van der Waals surface area contributed by atoms with Crippen molar-refractivity contribution in [1.82, 2.24) is 4.90 Å². The lowest BCUT2D eigenvalue weighted by atomic mass is 10.0. The normalized spacial score (nSPS) is 15.1. The highest BCUT2D eigenvalue weighted by Crippen LogP contribution is 2.23. The largest absolute Gasteiger partial charge is 0.325 e. The Balaban J connectivity index is 2.29. The predicted octanol–water partition coefficient (Wildman–Crippen LogP) is 3.17. The van der Waals surface area contributed by atoms with Crippen LogP contribution in [0.2, 0.25) is 0 Å². The van der Waals surface area contributed by atoms with Gasteiger partial charge in [0.05, 0.1) is 0 Å². The third-order valence-corrected chi connectivity index (χ3v) is 3.16. The van der Waals surface area contributed by atoms with Gasteiger partial charge in [0.2, 0.25) is 0 Å². The molecule has 1 aliphatic heterocycles. The van der Waals surface area contributed by atoms with Crippen LogP contribution in [0, 0.1) is 0 Å². The van der Waals surface area contributed by atoms with Crippen LogP contribution < -0.4 is 0 Å². The average Bonchev–Trinajstić information content (AvgIpc) is 2.16. The molecule has 4 heteroatoms. The van der Waals surface area contributed by atoms with Gasteiger partial charge in [0.1, 0.15) is 0 Å². The van der Waals surface area contributed by atoms with Gasteiger partial charge in [-0.25, -0.2) is 0 Å². The molecule has 1 aromatic carbocycles. The van der Waals surface area contributed by atoms with Gasteiger partial charge in [-0.1, -0.05) is 22.0 Å². The summed E-state index contributed by atoms with van der Waals surface area (Å²) >= 11 is 8.85. The van der Waals surface area contributed by atoms with E-state index in [1.807, 2.05) is 12.1 Å². The van der Waals surface area contributed by atoms with Crippen LogP contribution >= 0.6 is 27.5 Å². The summed E-state index contributed by atoms with van der Waals surface area (Å²) in [7, 11) is 0. The van der Waals surface area contributed by atoms with Crippen molar-refractivity contribution in [3.8, 4) is 0 Å². The Bertz CT molecular complexity index is 380. The molecule has 1 aliphatic rings. The maximum atomic E-state index is 11.0. The second-order valence-corrected chi connectivity index (χ2v) is 4.58. The molecule has 0 aliphatic carbocycles. The maximum absolute atomic E-state index is 11.0. The third kappa shape index (κ3) is 1.93. The van der Waals surface area contributed by atoms with E-state index in [0.29, 0.717) is 6.54 Å². The van der Waals surface area contributed by atoms with E-state index in [9.17, 15) is 4.79 Å². The molecule has 2 nitrogen and oxygen atoms in total. The van der Waals surface area contributed by atoms with Gasteiger partial charge in [0, 0.05) is 17.6 Å². The summed E-state index contributed by atoms with van der Waals surface area (Å²) in [5, 5.41) is -0.365. The van der Waals surface area contributed by atoms with E-state index in [2.05, 4.69) is 22.0 Å². The van der Waals surface area contributed by atoms with Crippen LogP contribution in [0.25, 0.3) is 0 Å². The highest BCUT2D eigenvalue weighted by atomic mass is 79.9. The summed E-state index contributed by atoms with van der Waals surface area (Å²) in [5.74, 6) is 0. The Hall–Kier alpha value is -0.540. The fraction of sp³-hybridized carbons (Fsp3) is 0.300. The highest BCUT2D eigenvalue weighted by Gasteiger charge is 2.18. The van der Waals surface area contributed by atoms with Crippen molar-refractivity contribution in [2.24, 2.45) is 0 Å². The zero-order chi connectivity index (χ0) is 10.1. The molecule has 1 heterocycles. The Morgan fingerprint density at radius 2 is 2.21 bits per heavy atom. The zero-order valence-electron chi connectivity index (χ0n) is 7.46. The molecule has 0 atom stereocenters. The summed E-state index contributed by atoms with van der Waals surface area (Å²) in [6.45, 7) is 1.34. The van der Waals surface area contributed by atoms with Gasteiger partial charge in [-0.05, 0) is 41.3 Å². The standard InChI is InChI=1S/C10H9BrClNO/c11-9-2-1-7-3-4-13(10(12)14)6-8(7)5-9/h1-2,5H,3-4,6H2. The number of halogens is 2. The number of hydrogen-bond acceptors (Lipinski definition) is 1. The predicted molar refractivity (Wildman–Crippen MR) is 59.5 cm³/mol. The SMILES string of the molecule is O=C(Cl)N1CCc2ccc(Br)cc2C1. The van der Waals surface area contributed by atoms with Crippen molar-refractivity contribution in [2.45, 2.75) is 13.0 Å². The summed E-state index contributed by atoms with van der Waals surface area (Å²) in [4.78, 5) is 12.6. The van der Waals surface area contributed by atoms with Crippen LogP contribution in [0.3, 0.4) is 0 Å². The van der Waals surface area contributed by atoms with E-state index in [-0.39, 0.29) is 5.37 Å². The molecule has 0 N–H and O–H groups in total. The van der Waals surface area contributed by atoms with Crippen molar-refractivity contribution in [3.63, 3.8) is 0 Å². The Labute approximate surface area is 96.0 Å². The minimum atomic E-state index is -0.365. The Kier molecular flexibility index (Phi) is 2.79. The van der Waals surface area contributed by atoms with Crippen LogP contribution in [0.4, 0.5) is 4.79 Å². The van der Waals surface area contributed by atoms with E-state index in [1.165, 1.54) is 11.1 Å². The van der Waals surface area contributed by atoms with E-state index in [1.54, 1.807) is 4.90 Å².